The first-order chi connectivity index (χ1) is 15.9. The molecule has 4 rings (SSSR count). The minimum Gasteiger partial charge on any atom is -0.383 e. The van der Waals surface area contributed by atoms with Gasteiger partial charge in [0.05, 0.1) is 24.3 Å². The molecule has 11 heteroatoms. The first kappa shape index (κ1) is 23.1. The van der Waals surface area contributed by atoms with E-state index in [4.69, 9.17) is 15.5 Å². The molecule has 172 valence electrons. The number of thiophene rings is 1. The Kier molecular flexibility index (Phi) is 6.91. The second kappa shape index (κ2) is 9.86. The number of aryl methyl sites for hydroxylation is 3. The van der Waals surface area contributed by atoms with E-state index in [-0.39, 0.29) is 11.5 Å². The van der Waals surface area contributed by atoms with Gasteiger partial charge in [0.1, 0.15) is 10.7 Å². The zero-order chi connectivity index (χ0) is 23.5. The molecule has 4 aromatic rings. The van der Waals surface area contributed by atoms with Gasteiger partial charge in [-0.15, -0.1) is 11.3 Å². The topological polar surface area (TPSA) is 121 Å². The van der Waals surface area contributed by atoms with E-state index in [1.807, 2.05) is 45.0 Å². The van der Waals surface area contributed by atoms with E-state index < -0.39 is 0 Å². The second-order valence-corrected chi connectivity index (χ2v) is 9.62. The summed E-state index contributed by atoms with van der Waals surface area (Å²) in [6, 6.07) is 7.85. The van der Waals surface area contributed by atoms with Crippen LogP contribution in [-0.2, 0) is 17.0 Å². The Hall–Kier alpha value is -3.02. The average Bonchev–Trinajstić information content (AvgIpc) is 3.06. The van der Waals surface area contributed by atoms with Gasteiger partial charge in [-0.25, -0.2) is 4.98 Å². The van der Waals surface area contributed by atoms with Crippen LogP contribution in [0.4, 0.5) is 17.6 Å². The molecule has 0 radical (unpaired) electrons. The molecule has 3 N–H and O–H groups in total. The highest BCUT2D eigenvalue weighted by Crippen LogP contribution is 2.29. The lowest BCUT2D eigenvalue weighted by Gasteiger charge is -2.12. The number of methoxy groups -OCH3 is 1. The van der Waals surface area contributed by atoms with Crippen molar-refractivity contribution in [3.63, 3.8) is 0 Å². The fourth-order valence-electron chi connectivity index (χ4n) is 3.32. The van der Waals surface area contributed by atoms with Gasteiger partial charge in [0, 0.05) is 17.7 Å². The number of nitrogen functional groups attached to an aromatic ring is 1. The number of hydrogen-bond donors (Lipinski definition) is 2. The SMILES string of the molecule is COCCn1c(SCc2nc(N)nc(Nc3ccccc3C)n2)nc2sc(C)c(C)c2c1=O. The van der Waals surface area contributed by atoms with Crippen molar-refractivity contribution in [3.05, 3.63) is 56.4 Å². The monoisotopic (exact) mass is 483 g/mol. The van der Waals surface area contributed by atoms with Crippen molar-refractivity contribution in [1.82, 2.24) is 24.5 Å². The molecule has 0 atom stereocenters. The van der Waals surface area contributed by atoms with Crippen molar-refractivity contribution < 1.29 is 4.74 Å². The van der Waals surface area contributed by atoms with Gasteiger partial charge < -0.3 is 15.8 Å². The van der Waals surface area contributed by atoms with Crippen molar-refractivity contribution in [2.45, 2.75) is 38.2 Å². The van der Waals surface area contributed by atoms with Crippen molar-refractivity contribution in [2.75, 3.05) is 24.8 Å². The Morgan fingerprint density at radius 2 is 1.94 bits per heavy atom. The molecule has 9 nitrogen and oxygen atoms in total. The third kappa shape index (κ3) is 5.00. The number of rotatable bonds is 8. The summed E-state index contributed by atoms with van der Waals surface area (Å²) in [5.74, 6) is 1.37. The van der Waals surface area contributed by atoms with Gasteiger partial charge in [0.2, 0.25) is 11.9 Å². The second-order valence-electron chi connectivity index (χ2n) is 7.47. The summed E-state index contributed by atoms with van der Waals surface area (Å²) in [6.07, 6.45) is 0. The fraction of sp³-hybridized carbons (Fsp3) is 0.318. The predicted molar refractivity (Wildman–Crippen MR) is 133 cm³/mol. The van der Waals surface area contributed by atoms with E-state index >= 15 is 0 Å². The lowest BCUT2D eigenvalue weighted by Crippen LogP contribution is -2.25. The van der Waals surface area contributed by atoms with Crippen LogP contribution in [0.3, 0.4) is 0 Å². The Morgan fingerprint density at radius 3 is 2.70 bits per heavy atom. The third-order valence-electron chi connectivity index (χ3n) is 5.19. The smallest absolute Gasteiger partial charge is 0.263 e. The van der Waals surface area contributed by atoms with Crippen LogP contribution in [0.2, 0.25) is 0 Å². The maximum absolute atomic E-state index is 13.2. The molecule has 0 amide bonds. The number of thioether (sulfide) groups is 1. The normalized spacial score (nSPS) is 11.3. The van der Waals surface area contributed by atoms with Gasteiger partial charge >= 0.3 is 0 Å². The number of aromatic nitrogens is 5. The van der Waals surface area contributed by atoms with Gasteiger partial charge in [-0.05, 0) is 38.0 Å². The molecule has 0 aliphatic rings. The molecule has 33 heavy (non-hydrogen) atoms. The van der Waals surface area contributed by atoms with Crippen molar-refractivity contribution in [3.8, 4) is 0 Å². The van der Waals surface area contributed by atoms with E-state index in [1.165, 1.54) is 23.1 Å². The van der Waals surface area contributed by atoms with Crippen molar-refractivity contribution in [2.24, 2.45) is 0 Å². The Bertz CT molecular complexity index is 1370. The number of benzene rings is 1. The highest BCUT2D eigenvalue weighted by Gasteiger charge is 2.17. The van der Waals surface area contributed by atoms with Crippen molar-refractivity contribution in [1.29, 1.82) is 0 Å². The number of nitrogens with two attached hydrogens (primary N) is 1. The largest absolute Gasteiger partial charge is 0.383 e. The minimum absolute atomic E-state index is 0.0570. The quantitative estimate of drug-likeness (QED) is 0.284. The minimum atomic E-state index is -0.0570. The lowest BCUT2D eigenvalue weighted by atomic mass is 10.2. The molecule has 0 fully saturated rings. The standard InChI is InChI=1S/C22H25N7O2S2/c1-12-7-5-6-8-15(12)24-21-26-16(25-20(23)28-21)11-32-22-27-18-17(13(2)14(3)33-18)19(30)29(22)9-10-31-4/h5-8H,9-11H2,1-4H3,(H3,23,24,25,26,28). The van der Waals surface area contributed by atoms with Gasteiger partial charge in [-0.1, -0.05) is 30.0 Å². The van der Waals surface area contributed by atoms with Crippen LogP contribution in [0.5, 0.6) is 0 Å². The van der Waals surface area contributed by atoms with Crippen LogP contribution < -0.4 is 16.6 Å². The number of nitrogens with zero attached hydrogens (tertiary/aromatic N) is 5. The van der Waals surface area contributed by atoms with Gasteiger partial charge in [0.15, 0.2) is 5.16 Å². The summed E-state index contributed by atoms with van der Waals surface area (Å²) >= 11 is 2.92. The zero-order valence-corrected chi connectivity index (χ0v) is 20.5. The highest BCUT2D eigenvalue weighted by molar-refractivity contribution is 7.98. The lowest BCUT2D eigenvalue weighted by molar-refractivity contribution is 0.183. The first-order valence-electron chi connectivity index (χ1n) is 10.3. The molecule has 0 aliphatic heterocycles. The fourth-order valence-corrected chi connectivity index (χ4v) is 5.27. The van der Waals surface area contributed by atoms with Crippen LogP contribution in [0.25, 0.3) is 10.2 Å². The number of para-hydroxylation sites is 1. The van der Waals surface area contributed by atoms with E-state index in [0.29, 0.717) is 41.2 Å². The average molecular weight is 484 g/mol. The summed E-state index contributed by atoms with van der Waals surface area (Å²) in [6.45, 7) is 6.78. The Balaban J connectivity index is 1.63. The maximum atomic E-state index is 13.2. The molecule has 3 aromatic heterocycles. The van der Waals surface area contributed by atoms with E-state index in [2.05, 4.69) is 20.3 Å². The molecule has 0 spiro atoms. The summed E-state index contributed by atoms with van der Waals surface area (Å²) in [5, 5.41) is 4.46. The zero-order valence-electron chi connectivity index (χ0n) is 18.9. The summed E-state index contributed by atoms with van der Waals surface area (Å²) in [4.78, 5) is 32.8. The Labute approximate surface area is 199 Å². The third-order valence-corrected chi connectivity index (χ3v) is 7.27. The highest BCUT2D eigenvalue weighted by atomic mass is 32.2. The molecule has 0 saturated carbocycles. The van der Waals surface area contributed by atoms with E-state index in [0.717, 1.165) is 26.5 Å². The van der Waals surface area contributed by atoms with Gasteiger partial charge in [-0.2, -0.15) is 15.0 Å². The van der Waals surface area contributed by atoms with Crippen LogP contribution in [0, 0.1) is 20.8 Å². The molecule has 3 heterocycles. The number of anilines is 3. The molecular weight excluding hydrogens is 458 g/mol. The first-order valence-corrected chi connectivity index (χ1v) is 12.1. The van der Waals surface area contributed by atoms with Crippen LogP contribution in [0.15, 0.2) is 34.2 Å². The summed E-state index contributed by atoms with van der Waals surface area (Å²) < 4.78 is 6.87. The molecule has 0 unspecified atom stereocenters. The van der Waals surface area contributed by atoms with Crippen LogP contribution >= 0.6 is 23.1 Å². The van der Waals surface area contributed by atoms with E-state index in [9.17, 15) is 4.79 Å². The van der Waals surface area contributed by atoms with Crippen molar-refractivity contribution >= 4 is 50.9 Å². The number of nitrogens with one attached hydrogen (secondary N) is 1. The summed E-state index contributed by atoms with van der Waals surface area (Å²) in [7, 11) is 1.61. The molecule has 0 aliphatic carbocycles. The molecular formula is C22H25N7O2S2. The summed E-state index contributed by atoms with van der Waals surface area (Å²) in [5.41, 5.74) is 8.82. The van der Waals surface area contributed by atoms with Crippen LogP contribution in [-0.4, -0.2) is 38.2 Å². The molecule has 1 aromatic carbocycles. The maximum Gasteiger partial charge on any atom is 0.263 e. The molecule has 0 bridgehead atoms. The Morgan fingerprint density at radius 1 is 1.15 bits per heavy atom. The van der Waals surface area contributed by atoms with Crippen LogP contribution in [0.1, 0.15) is 21.8 Å². The number of ether oxygens (including phenoxy) is 1. The molecule has 0 saturated heterocycles. The number of hydrogen-bond acceptors (Lipinski definition) is 10. The van der Waals surface area contributed by atoms with Gasteiger partial charge in [-0.3, -0.25) is 9.36 Å². The van der Waals surface area contributed by atoms with E-state index in [1.54, 1.807) is 11.7 Å². The predicted octanol–water partition coefficient (Wildman–Crippen LogP) is 3.83. The van der Waals surface area contributed by atoms with Gasteiger partial charge in [0.25, 0.3) is 5.56 Å². The number of fused-ring (bicyclic) bond motifs is 1.